The van der Waals surface area contributed by atoms with E-state index in [2.05, 4.69) is 14.8 Å². The van der Waals surface area contributed by atoms with Gasteiger partial charge >= 0.3 is 0 Å². The number of anilines is 2. The number of para-hydroxylation sites is 2. The van der Waals surface area contributed by atoms with Crippen molar-refractivity contribution in [3.05, 3.63) is 58.6 Å². The minimum absolute atomic E-state index is 0.0292. The minimum Gasteiger partial charge on any atom is -0.423 e. The Kier molecular flexibility index (Phi) is 5.38. The first-order chi connectivity index (χ1) is 15.6. The maximum atomic E-state index is 13.1. The lowest BCUT2D eigenvalue weighted by Gasteiger charge is -2.39. The van der Waals surface area contributed by atoms with E-state index in [0.717, 1.165) is 55.8 Å². The van der Waals surface area contributed by atoms with Gasteiger partial charge in [0.25, 0.3) is 11.7 Å². The third kappa shape index (κ3) is 3.98. The lowest BCUT2D eigenvalue weighted by Crippen LogP contribution is -2.51. The zero-order valence-electron chi connectivity index (χ0n) is 17.7. The molecule has 32 heavy (non-hydrogen) atoms. The number of nitrogens with zero attached hydrogens (tertiary/aromatic N) is 5. The molecule has 0 spiro atoms. The fourth-order valence-corrected chi connectivity index (χ4v) is 4.54. The van der Waals surface area contributed by atoms with Crippen LogP contribution in [0.3, 0.4) is 0 Å². The van der Waals surface area contributed by atoms with Crippen molar-refractivity contribution in [1.82, 2.24) is 9.88 Å². The van der Waals surface area contributed by atoms with E-state index in [4.69, 9.17) is 4.42 Å². The van der Waals surface area contributed by atoms with Gasteiger partial charge < -0.3 is 19.1 Å². The van der Waals surface area contributed by atoms with Gasteiger partial charge in [-0.3, -0.25) is 14.9 Å². The molecule has 2 aliphatic heterocycles. The molecule has 9 heteroatoms. The van der Waals surface area contributed by atoms with Gasteiger partial charge in [-0.1, -0.05) is 12.1 Å². The first-order valence-electron chi connectivity index (χ1n) is 11.0. The van der Waals surface area contributed by atoms with Crippen molar-refractivity contribution in [2.45, 2.75) is 12.8 Å². The zero-order chi connectivity index (χ0) is 22.1. The van der Waals surface area contributed by atoms with Crippen LogP contribution in [0.1, 0.15) is 12.8 Å². The quantitative estimate of drug-likeness (QED) is 0.458. The van der Waals surface area contributed by atoms with Gasteiger partial charge in [0, 0.05) is 63.0 Å². The number of piperazine rings is 1. The van der Waals surface area contributed by atoms with Crippen molar-refractivity contribution in [1.29, 1.82) is 0 Å². The molecule has 1 aromatic heterocycles. The summed E-state index contributed by atoms with van der Waals surface area (Å²) in [6, 6.07) is 15.0. The Hall–Kier alpha value is -3.62. The minimum atomic E-state index is -0.393. The van der Waals surface area contributed by atoms with E-state index in [-0.39, 0.29) is 17.5 Å². The second-order valence-corrected chi connectivity index (χ2v) is 8.31. The van der Waals surface area contributed by atoms with E-state index in [9.17, 15) is 14.9 Å². The molecule has 5 rings (SSSR count). The molecule has 0 unspecified atom stereocenters. The summed E-state index contributed by atoms with van der Waals surface area (Å²) in [5, 5.41) is 10.8. The highest BCUT2D eigenvalue weighted by Gasteiger charge is 2.31. The summed E-state index contributed by atoms with van der Waals surface area (Å²) in [7, 11) is 0. The van der Waals surface area contributed by atoms with Crippen LogP contribution < -0.4 is 9.80 Å². The summed E-state index contributed by atoms with van der Waals surface area (Å²) in [4.78, 5) is 34.3. The number of carbonyl (C=O) groups excluding carboxylic acids is 1. The van der Waals surface area contributed by atoms with E-state index in [1.165, 1.54) is 12.1 Å². The van der Waals surface area contributed by atoms with Gasteiger partial charge in [-0.25, -0.2) is 0 Å². The number of hydrogen-bond acceptors (Lipinski definition) is 7. The second-order valence-electron chi connectivity index (χ2n) is 8.31. The molecule has 2 aromatic carbocycles. The number of benzene rings is 2. The zero-order valence-corrected chi connectivity index (χ0v) is 17.7. The van der Waals surface area contributed by atoms with Crippen LogP contribution in [0, 0.1) is 16.0 Å². The number of nitro groups is 1. The average Bonchev–Trinajstić information content (AvgIpc) is 3.28. The Morgan fingerprint density at radius 2 is 1.62 bits per heavy atom. The Bertz CT molecular complexity index is 1080. The van der Waals surface area contributed by atoms with Gasteiger partial charge in [-0.05, 0) is 37.1 Å². The maximum Gasteiger partial charge on any atom is 0.298 e. The summed E-state index contributed by atoms with van der Waals surface area (Å²) >= 11 is 0. The van der Waals surface area contributed by atoms with Crippen molar-refractivity contribution in [3.8, 4) is 0 Å². The van der Waals surface area contributed by atoms with Gasteiger partial charge in [0.15, 0.2) is 5.58 Å². The van der Waals surface area contributed by atoms with Gasteiger partial charge in [-0.2, -0.15) is 4.98 Å². The monoisotopic (exact) mass is 435 g/mol. The molecule has 2 aliphatic rings. The third-order valence-corrected chi connectivity index (χ3v) is 6.41. The number of aromatic nitrogens is 1. The lowest BCUT2D eigenvalue weighted by atomic mass is 9.95. The van der Waals surface area contributed by atoms with Crippen molar-refractivity contribution in [2.75, 3.05) is 49.1 Å². The Labute approximate surface area is 185 Å². The largest absolute Gasteiger partial charge is 0.423 e. The topological polar surface area (TPSA) is 96.0 Å². The molecule has 0 saturated carbocycles. The van der Waals surface area contributed by atoms with E-state index >= 15 is 0 Å². The van der Waals surface area contributed by atoms with Crippen molar-refractivity contribution < 1.29 is 14.1 Å². The standard InChI is InChI=1S/C23H25N5O4/c29-22(26-15-13-25(14-16-26)18-5-7-19(8-6-18)28(30)31)17-9-11-27(12-10-17)23-24-20-3-1-2-4-21(20)32-23/h1-8,17H,9-16H2. The normalized spacial score (nSPS) is 17.7. The van der Waals surface area contributed by atoms with Crippen LogP contribution in [0.15, 0.2) is 52.9 Å². The average molecular weight is 435 g/mol. The number of hydrogen-bond donors (Lipinski definition) is 0. The Morgan fingerprint density at radius 1 is 0.938 bits per heavy atom. The van der Waals surface area contributed by atoms with E-state index in [0.29, 0.717) is 19.1 Å². The maximum absolute atomic E-state index is 13.1. The summed E-state index contributed by atoms with van der Waals surface area (Å²) in [5.41, 5.74) is 2.68. The first-order valence-corrected chi connectivity index (χ1v) is 11.0. The molecular weight excluding hydrogens is 410 g/mol. The highest BCUT2D eigenvalue weighted by molar-refractivity contribution is 5.79. The van der Waals surface area contributed by atoms with E-state index in [1.807, 2.05) is 29.2 Å². The summed E-state index contributed by atoms with van der Waals surface area (Å²) in [5.74, 6) is 0.257. The molecule has 2 fully saturated rings. The third-order valence-electron chi connectivity index (χ3n) is 6.41. The van der Waals surface area contributed by atoms with E-state index in [1.54, 1.807) is 12.1 Å². The van der Waals surface area contributed by atoms with Crippen LogP contribution >= 0.6 is 0 Å². The summed E-state index contributed by atoms with van der Waals surface area (Å²) in [6.07, 6.45) is 1.58. The van der Waals surface area contributed by atoms with Gasteiger partial charge in [0.1, 0.15) is 5.52 Å². The van der Waals surface area contributed by atoms with Crippen LogP contribution in [0.5, 0.6) is 0 Å². The number of non-ortho nitro benzene ring substituents is 1. The number of nitro benzene ring substituents is 1. The van der Waals surface area contributed by atoms with Crippen LogP contribution in [0.25, 0.3) is 11.1 Å². The summed E-state index contributed by atoms with van der Waals surface area (Å²) in [6.45, 7) is 4.30. The molecule has 166 valence electrons. The first kappa shape index (κ1) is 20.3. The van der Waals surface area contributed by atoms with Crippen LogP contribution in [-0.2, 0) is 4.79 Å². The van der Waals surface area contributed by atoms with Crippen molar-refractivity contribution in [3.63, 3.8) is 0 Å². The van der Waals surface area contributed by atoms with Gasteiger partial charge in [0.2, 0.25) is 5.91 Å². The predicted molar refractivity (Wildman–Crippen MR) is 121 cm³/mol. The molecular formula is C23H25N5O4. The molecule has 1 amide bonds. The number of oxazole rings is 1. The van der Waals surface area contributed by atoms with Crippen LogP contribution in [0.2, 0.25) is 0 Å². The number of fused-ring (bicyclic) bond motifs is 1. The number of rotatable bonds is 4. The number of carbonyl (C=O) groups is 1. The molecule has 3 aromatic rings. The highest BCUT2D eigenvalue weighted by atomic mass is 16.6. The second kappa shape index (κ2) is 8.49. The Balaban J connectivity index is 1.14. The smallest absolute Gasteiger partial charge is 0.298 e. The molecule has 9 nitrogen and oxygen atoms in total. The number of piperidine rings is 1. The molecule has 0 atom stereocenters. The fourth-order valence-electron chi connectivity index (χ4n) is 4.54. The molecule has 0 N–H and O–H groups in total. The molecule has 0 bridgehead atoms. The number of amides is 1. The van der Waals surface area contributed by atoms with Crippen LogP contribution in [-0.4, -0.2) is 60.0 Å². The van der Waals surface area contributed by atoms with Gasteiger partial charge in [-0.15, -0.1) is 0 Å². The fraction of sp³-hybridized carbons (Fsp3) is 0.391. The Morgan fingerprint density at radius 3 is 2.28 bits per heavy atom. The van der Waals surface area contributed by atoms with Crippen molar-refractivity contribution in [2.24, 2.45) is 5.92 Å². The predicted octanol–water partition coefficient (Wildman–Crippen LogP) is 3.30. The summed E-state index contributed by atoms with van der Waals surface area (Å²) < 4.78 is 5.87. The molecule has 2 saturated heterocycles. The SMILES string of the molecule is O=C(C1CCN(c2nc3ccccc3o2)CC1)N1CCN(c2ccc([N+](=O)[O-])cc2)CC1. The molecule has 0 radical (unpaired) electrons. The highest BCUT2D eigenvalue weighted by Crippen LogP contribution is 2.28. The molecule has 0 aliphatic carbocycles. The van der Waals surface area contributed by atoms with E-state index < -0.39 is 4.92 Å². The van der Waals surface area contributed by atoms with Gasteiger partial charge in [0.05, 0.1) is 4.92 Å². The van der Waals surface area contributed by atoms with Crippen molar-refractivity contribution >= 4 is 34.4 Å². The molecule has 3 heterocycles. The van der Waals surface area contributed by atoms with Crippen LogP contribution in [0.4, 0.5) is 17.4 Å². The lowest BCUT2D eigenvalue weighted by molar-refractivity contribution is -0.384.